The van der Waals surface area contributed by atoms with Gasteiger partial charge in [-0.15, -0.1) is 12.4 Å². The van der Waals surface area contributed by atoms with Crippen molar-refractivity contribution in [2.75, 3.05) is 24.4 Å². The van der Waals surface area contributed by atoms with E-state index in [0.29, 0.717) is 17.4 Å². The number of rotatable bonds is 6. The van der Waals surface area contributed by atoms with Crippen molar-refractivity contribution in [1.29, 1.82) is 0 Å². The lowest BCUT2D eigenvalue weighted by Gasteiger charge is -2.12. The zero-order valence-corrected chi connectivity index (χ0v) is 13.1. The van der Waals surface area contributed by atoms with Gasteiger partial charge < -0.3 is 26.4 Å². The first-order valence-electron chi connectivity index (χ1n) is 6.81. The van der Waals surface area contributed by atoms with Crippen molar-refractivity contribution in [1.82, 2.24) is 5.32 Å². The SMILES string of the molecule is COCC(N)C(=O)Nc1ccc(NC(=O)NC2CC2)cc1.Cl. The summed E-state index contributed by atoms with van der Waals surface area (Å²) in [6.07, 6.45) is 2.08. The van der Waals surface area contributed by atoms with Crippen LogP contribution >= 0.6 is 12.4 Å². The summed E-state index contributed by atoms with van der Waals surface area (Å²) in [6.45, 7) is 0.160. The van der Waals surface area contributed by atoms with Gasteiger partial charge in [0, 0.05) is 24.5 Å². The van der Waals surface area contributed by atoms with E-state index in [-0.39, 0.29) is 31.0 Å². The Hall–Kier alpha value is -1.83. The van der Waals surface area contributed by atoms with Gasteiger partial charge >= 0.3 is 6.03 Å². The maximum Gasteiger partial charge on any atom is 0.319 e. The van der Waals surface area contributed by atoms with Crippen molar-refractivity contribution >= 4 is 35.7 Å². The maximum atomic E-state index is 11.7. The van der Waals surface area contributed by atoms with Crippen molar-refractivity contribution in [3.8, 4) is 0 Å². The number of methoxy groups -OCH3 is 1. The number of hydrogen-bond donors (Lipinski definition) is 4. The largest absolute Gasteiger partial charge is 0.383 e. The van der Waals surface area contributed by atoms with Gasteiger partial charge in [0.25, 0.3) is 0 Å². The molecule has 1 saturated carbocycles. The van der Waals surface area contributed by atoms with Gasteiger partial charge in [0.05, 0.1) is 6.61 Å². The van der Waals surface area contributed by atoms with Crippen LogP contribution in [0.1, 0.15) is 12.8 Å². The highest BCUT2D eigenvalue weighted by atomic mass is 35.5. The van der Waals surface area contributed by atoms with E-state index in [1.54, 1.807) is 24.3 Å². The van der Waals surface area contributed by atoms with Gasteiger partial charge in [0.1, 0.15) is 6.04 Å². The lowest BCUT2D eigenvalue weighted by Crippen LogP contribution is -2.39. The number of ether oxygens (including phenoxy) is 1. The zero-order valence-electron chi connectivity index (χ0n) is 12.3. The molecule has 0 saturated heterocycles. The summed E-state index contributed by atoms with van der Waals surface area (Å²) in [7, 11) is 1.49. The first-order chi connectivity index (χ1) is 10.1. The minimum absolute atomic E-state index is 0. The fourth-order valence-electron chi connectivity index (χ4n) is 1.71. The van der Waals surface area contributed by atoms with E-state index in [1.807, 2.05) is 0 Å². The number of benzene rings is 1. The molecule has 22 heavy (non-hydrogen) atoms. The second-order valence-electron chi connectivity index (χ2n) is 5.00. The predicted octanol–water partition coefficient (Wildman–Crippen LogP) is 1.30. The van der Waals surface area contributed by atoms with Crippen molar-refractivity contribution in [3.63, 3.8) is 0 Å². The second kappa shape index (κ2) is 8.57. The number of carbonyl (C=O) groups is 2. The fraction of sp³-hybridized carbons (Fsp3) is 0.429. The van der Waals surface area contributed by atoms with Gasteiger partial charge in [-0.05, 0) is 37.1 Å². The van der Waals surface area contributed by atoms with Crippen LogP contribution in [0.3, 0.4) is 0 Å². The number of urea groups is 1. The van der Waals surface area contributed by atoms with Gasteiger partial charge in [-0.25, -0.2) is 4.79 Å². The van der Waals surface area contributed by atoms with Crippen LogP contribution in [-0.4, -0.2) is 37.7 Å². The third kappa shape index (κ3) is 5.88. The molecule has 1 aromatic rings. The lowest BCUT2D eigenvalue weighted by atomic mass is 10.2. The molecule has 0 aliphatic heterocycles. The standard InChI is InChI=1S/C14H20N4O3.ClH/c1-21-8-12(15)13(19)16-9-2-4-10(5-3-9)17-14(20)18-11-6-7-11;/h2-5,11-12H,6-8,15H2,1H3,(H,16,19)(H2,17,18,20);1H. The van der Waals surface area contributed by atoms with Crippen LogP contribution in [0, 0.1) is 0 Å². The smallest absolute Gasteiger partial charge is 0.319 e. The molecule has 5 N–H and O–H groups in total. The van der Waals surface area contributed by atoms with Gasteiger partial charge in [0.2, 0.25) is 5.91 Å². The van der Waals surface area contributed by atoms with E-state index in [9.17, 15) is 9.59 Å². The first-order valence-corrected chi connectivity index (χ1v) is 6.81. The highest BCUT2D eigenvalue weighted by molar-refractivity contribution is 5.95. The molecule has 0 aromatic heterocycles. The molecule has 0 spiro atoms. The summed E-state index contributed by atoms with van der Waals surface area (Å²) in [4.78, 5) is 23.3. The van der Waals surface area contributed by atoms with Crippen LogP contribution in [0.2, 0.25) is 0 Å². The van der Waals surface area contributed by atoms with Crippen LogP contribution in [0.25, 0.3) is 0 Å². The molecule has 7 nitrogen and oxygen atoms in total. The molecule has 1 aliphatic rings. The number of hydrogen-bond acceptors (Lipinski definition) is 4. The molecular formula is C14H21ClN4O3. The molecule has 0 heterocycles. The number of amides is 3. The van der Waals surface area contributed by atoms with Crippen LogP contribution in [-0.2, 0) is 9.53 Å². The van der Waals surface area contributed by atoms with Crippen molar-refractivity contribution in [2.45, 2.75) is 24.9 Å². The Morgan fingerprint density at radius 2 is 1.77 bits per heavy atom. The zero-order chi connectivity index (χ0) is 15.2. The van der Waals surface area contributed by atoms with Gasteiger partial charge in [-0.3, -0.25) is 4.79 Å². The molecule has 8 heteroatoms. The average molecular weight is 329 g/mol. The van der Waals surface area contributed by atoms with Gasteiger partial charge in [0.15, 0.2) is 0 Å². The Morgan fingerprint density at radius 1 is 1.23 bits per heavy atom. The molecule has 1 aliphatic carbocycles. The van der Waals surface area contributed by atoms with Crippen LogP contribution in [0.4, 0.5) is 16.2 Å². The molecule has 0 radical (unpaired) electrons. The molecule has 1 aromatic carbocycles. The van der Waals surface area contributed by atoms with Gasteiger partial charge in [-0.2, -0.15) is 0 Å². The van der Waals surface area contributed by atoms with Crippen molar-refractivity contribution in [3.05, 3.63) is 24.3 Å². The van der Waals surface area contributed by atoms with Gasteiger partial charge in [-0.1, -0.05) is 0 Å². The molecule has 2 rings (SSSR count). The van der Waals surface area contributed by atoms with Crippen LogP contribution in [0.15, 0.2) is 24.3 Å². The minimum Gasteiger partial charge on any atom is -0.383 e. The number of halogens is 1. The molecule has 1 unspecified atom stereocenters. The normalized spacial score (nSPS) is 14.5. The average Bonchev–Trinajstić information content (AvgIpc) is 3.25. The van der Waals surface area contributed by atoms with Crippen molar-refractivity contribution < 1.29 is 14.3 Å². The fourth-order valence-corrected chi connectivity index (χ4v) is 1.71. The number of carbonyl (C=O) groups excluding carboxylic acids is 2. The maximum absolute atomic E-state index is 11.7. The minimum atomic E-state index is -0.711. The van der Waals surface area contributed by atoms with E-state index in [0.717, 1.165) is 12.8 Å². The highest BCUT2D eigenvalue weighted by Crippen LogP contribution is 2.19. The van der Waals surface area contributed by atoms with Crippen LogP contribution < -0.4 is 21.7 Å². The third-order valence-corrected chi connectivity index (χ3v) is 3.01. The number of nitrogens with one attached hydrogen (secondary N) is 3. The Balaban J connectivity index is 0.00000242. The highest BCUT2D eigenvalue weighted by Gasteiger charge is 2.23. The summed E-state index contributed by atoms with van der Waals surface area (Å²) >= 11 is 0. The lowest BCUT2D eigenvalue weighted by molar-refractivity contribution is -0.118. The molecule has 0 bridgehead atoms. The molecule has 122 valence electrons. The Bertz CT molecular complexity index is 505. The van der Waals surface area contributed by atoms with E-state index in [1.165, 1.54) is 7.11 Å². The summed E-state index contributed by atoms with van der Waals surface area (Å²) in [5, 5.41) is 8.23. The van der Waals surface area contributed by atoms with Crippen molar-refractivity contribution in [2.24, 2.45) is 5.73 Å². The van der Waals surface area contributed by atoms with E-state index in [4.69, 9.17) is 10.5 Å². The van der Waals surface area contributed by atoms with E-state index < -0.39 is 6.04 Å². The third-order valence-electron chi connectivity index (χ3n) is 3.01. The number of anilines is 2. The monoisotopic (exact) mass is 328 g/mol. The molecule has 1 fully saturated rings. The number of nitrogens with two attached hydrogens (primary N) is 1. The summed E-state index contributed by atoms with van der Waals surface area (Å²) in [5.74, 6) is -0.316. The summed E-state index contributed by atoms with van der Waals surface area (Å²) in [6, 6.07) is 6.21. The quantitative estimate of drug-likeness (QED) is 0.631. The molecule has 3 amide bonds. The Morgan fingerprint density at radius 3 is 2.27 bits per heavy atom. The first kappa shape index (κ1) is 18.2. The van der Waals surface area contributed by atoms with Crippen LogP contribution in [0.5, 0.6) is 0 Å². The van der Waals surface area contributed by atoms with E-state index in [2.05, 4.69) is 16.0 Å². The topological polar surface area (TPSA) is 105 Å². The summed E-state index contributed by atoms with van der Waals surface area (Å²) < 4.78 is 4.82. The second-order valence-corrected chi connectivity index (χ2v) is 5.00. The predicted molar refractivity (Wildman–Crippen MR) is 87.3 cm³/mol. The Kier molecular flexibility index (Phi) is 7.10. The summed E-state index contributed by atoms with van der Waals surface area (Å²) in [5.41, 5.74) is 6.89. The molecular weight excluding hydrogens is 308 g/mol. The van der Waals surface area contributed by atoms with E-state index >= 15 is 0 Å². The molecule has 1 atom stereocenters. The Labute approximate surface area is 135 Å².